The summed E-state index contributed by atoms with van der Waals surface area (Å²) in [4.78, 5) is 13.1. The number of hydrogen-bond acceptors (Lipinski definition) is 4. The monoisotopic (exact) mass is 545 g/mol. The minimum atomic E-state index is -0.603. The molecular weight excluding hydrogens is 509 g/mol. The van der Waals surface area contributed by atoms with E-state index in [-0.39, 0.29) is 19.1 Å². The number of fused-ring (bicyclic) bond motifs is 4. The average Bonchev–Trinajstić information content (AvgIpc) is 3.40. The molecule has 1 heterocycles. The van der Waals surface area contributed by atoms with E-state index in [0.717, 1.165) is 16.4 Å². The number of amides is 1. The zero-order valence-electron chi connectivity index (χ0n) is 24.4. The highest BCUT2D eigenvalue weighted by Crippen LogP contribution is 2.44. The maximum absolute atomic E-state index is 13.1. The van der Waals surface area contributed by atoms with Crippen molar-refractivity contribution in [3.05, 3.63) is 113 Å². The summed E-state index contributed by atoms with van der Waals surface area (Å²) < 4.78 is 18.6. The van der Waals surface area contributed by atoms with Crippen LogP contribution in [0.15, 0.2) is 90.4 Å². The van der Waals surface area contributed by atoms with Crippen LogP contribution in [0.1, 0.15) is 55.9 Å². The van der Waals surface area contributed by atoms with Crippen LogP contribution in [0.3, 0.4) is 0 Å². The van der Waals surface area contributed by atoms with Gasteiger partial charge in [-0.1, -0.05) is 91.0 Å². The summed E-state index contributed by atoms with van der Waals surface area (Å²) in [6, 6.07) is 29.2. The van der Waals surface area contributed by atoms with Crippen LogP contribution in [0.2, 0.25) is 0 Å². The van der Waals surface area contributed by atoms with E-state index < -0.39 is 24.4 Å². The SMILES string of the molecule is Cc1ccc(C=C(CNC(=O)OCC2c3ccccc3-c3ccccc32)B2OC(C)(C)C(C)(C)O2)c2ccccc12. The standard InChI is InChI=1S/C35H36BNO4/c1-23-18-19-24(27-13-7-6-12-26(23)27)20-25(36-40-34(2,3)35(4,5)41-36)21-37-33(38)39-22-32-30-16-10-8-14-28(30)29-15-9-11-17-31(29)32/h6-20,32H,21-22H2,1-5H3,(H,37,38). The van der Waals surface area contributed by atoms with Gasteiger partial charge in [-0.3, -0.25) is 0 Å². The first-order valence-electron chi connectivity index (χ1n) is 14.3. The van der Waals surface area contributed by atoms with Crippen LogP contribution in [-0.4, -0.2) is 37.6 Å². The van der Waals surface area contributed by atoms with E-state index in [0.29, 0.717) is 0 Å². The fourth-order valence-electron chi connectivity index (χ4n) is 5.82. The molecule has 0 unspecified atom stereocenters. The highest BCUT2D eigenvalue weighted by molar-refractivity contribution is 6.56. The maximum Gasteiger partial charge on any atom is 0.492 e. The summed E-state index contributed by atoms with van der Waals surface area (Å²) in [5.74, 6) is 0.00480. The van der Waals surface area contributed by atoms with Crippen molar-refractivity contribution in [2.24, 2.45) is 0 Å². The fourth-order valence-corrected chi connectivity index (χ4v) is 5.82. The van der Waals surface area contributed by atoms with Crippen LogP contribution in [0, 0.1) is 6.92 Å². The van der Waals surface area contributed by atoms with Gasteiger partial charge in [0.1, 0.15) is 6.61 Å². The van der Waals surface area contributed by atoms with Crippen LogP contribution < -0.4 is 5.32 Å². The van der Waals surface area contributed by atoms with Gasteiger partial charge in [-0.2, -0.15) is 0 Å². The van der Waals surface area contributed by atoms with Gasteiger partial charge in [-0.05, 0) is 84.2 Å². The van der Waals surface area contributed by atoms with E-state index in [2.05, 4.69) is 72.9 Å². The van der Waals surface area contributed by atoms with Crippen LogP contribution in [0.25, 0.3) is 28.0 Å². The lowest BCUT2D eigenvalue weighted by molar-refractivity contribution is 0.00578. The van der Waals surface area contributed by atoms with Gasteiger partial charge in [-0.25, -0.2) is 4.79 Å². The number of aryl methyl sites for hydroxylation is 1. The molecule has 1 fully saturated rings. The summed E-state index contributed by atoms with van der Waals surface area (Å²) in [5.41, 5.74) is 6.85. The van der Waals surface area contributed by atoms with Crippen molar-refractivity contribution in [2.45, 2.75) is 51.7 Å². The Morgan fingerprint density at radius 2 is 1.39 bits per heavy atom. The van der Waals surface area contributed by atoms with Gasteiger partial charge in [-0.15, -0.1) is 0 Å². The van der Waals surface area contributed by atoms with Gasteiger partial charge in [0.05, 0.1) is 11.2 Å². The number of ether oxygens (including phenoxy) is 1. The first-order valence-corrected chi connectivity index (χ1v) is 14.3. The Hall–Kier alpha value is -3.87. The number of carbonyl (C=O) groups is 1. The van der Waals surface area contributed by atoms with Gasteiger partial charge in [0.15, 0.2) is 0 Å². The number of nitrogens with one attached hydrogen (secondary N) is 1. The van der Waals surface area contributed by atoms with Crippen LogP contribution in [-0.2, 0) is 14.0 Å². The summed E-state index contributed by atoms with van der Waals surface area (Å²) in [6.07, 6.45) is 1.61. The van der Waals surface area contributed by atoms with E-state index in [1.54, 1.807) is 0 Å². The molecule has 0 spiro atoms. The highest BCUT2D eigenvalue weighted by atomic mass is 16.7. The third-order valence-corrected chi connectivity index (χ3v) is 8.85. The normalized spacial score (nSPS) is 17.4. The maximum atomic E-state index is 13.1. The molecule has 41 heavy (non-hydrogen) atoms. The molecule has 2 aliphatic rings. The molecule has 6 heteroatoms. The third kappa shape index (κ3) is 5.07. The van der Waals surface area contributed by atoms with Crippen molar-refractivity contribution < 1.29 is 18.8 Å². The number of benzene rings is 4. The van der Waals surface area contributed by atoms with Crippen molar-refractivity contribution in [3.8, 4) is 11.1 Å². The number of alkyl carbamates (subject to hydrolysis) is 1. The average molecular weight is 545 g/mol. The zero-order valence-corrected chi connectivity index (χ0v) is 24.4. The molecule has 0 radical (unpaired) electrons. The van der Waals surface area contributed by atoms with E-state index in [9.17, 15) is 4.79 Å². The Morgan fingerprint density at radius 3 is 2.02 bits per heavy atom. The molecule has 5 nitrogen and oxygen atoms in total. The van der Waals surface area contributed by atoms with Gasteiger partial charge >= 0.3 is 13.2 Å². The summed E-state index contributed by atoms with van der Waals surface area (Å²) in [6.45, 7) is 10.7. The van der Waals surface area contributed by atoms with Crippen LogP contribution in [0.4, 0.5) is 4.79 Å². The molecule has 1 N–H and O–H groups in total. The first kappa shape index (κ1) is 27.3. The lowest BCUT2D eigenvalue weighted by atomic mass is 9.76. The largest absolute Gasteiger partial charge is 0.492 e. The Labute approximate surface area is 242 Å². The Balaban J connectivity index is 1.22. The van der Waals surface area contributed by atoms with Gasteiger partial charge in [0.2, 0.25) is 0 Å². The molecule has 4 aromatic rings. The second-order valence-electron chi connectivity index (χ2n) is 12.0. The quantitative estimate of drug-likeness (QED) is 0.252. The molecule has 1 aliphatic heterocycles. The smallest absolute Gasteiger partial charge is 0.449 e. The predicted molar refractivity (Wildman–Crippen MR) is 166 cm³/mol. The van der Waals surface area contributed by atoms with Crippen molar-refractivity contribution in [1.29, 1.82) is 0 Å². The van der Waals surface area contributed by atoms with E-state index in [4.69, 9.17) is 14.0 Å². The molecule has 4 aromatic carbocycles. The summed E-state index contributed by atoms with van der Waals surface area (Å²) in [5, 5.41) is 5.31. The summed E-state index contributed by atoms with van der Waals surface area (Å²) >= 11 is 0. The molecule has 6 rings (SSSR count). The van der Waals surface area contributed by atoms with Gasteiger partial charge in [0, 0.05) is 12.5 Å². The molecule has 0 aromatic heterocycles. The summed E-state index contributed by atoms with van der Waals surface area (Å²) in [7, 11) is -0.603. The first-order chi connectivity index (χ1) is 19.6. The lowest BCUT2D eigenvalue weighted by Gasteiger charge is -2.32. The Morgan fingerprint density at radius 1 is 0.829 bits per heavy atom. The van der Waals surface area contributed by atoms with Crippen LogP contribution in [0.5, 0.6) is 0 Å². The molecule has 0 saturated carbocycles. The molecule has 1 aliphatic carbocycles. The topological polar surface area (TPSA) is 56.8 Å². The van der Waals surface area contributed by atoms with E-state index in [1.807, 2.05) is 58.0 Å². The molecule has 1 amide bonds. The van der Waals surface area contributed by atoms with Crippen molar-refractivity contribution >= 4 is 30.1 Å². The van der Waals surface area contributed by atoms with Crippen molar-refractivity contribution in [3.63, 3.8) is 0 Å². The molecule has 1 saturated heterocycles. The number of rotatable bonds is 6. The second kappa shape index (κ2) is 10.5. The van der Waals surface area contributed by atoms with Crippen molar-refractivity contribution in [1.82, 2.24) is 5.32 Å². The predicted octanol–water partition coefficient (Wildman–Crippen LogP) is 7.70. The Kier molecular flexibility index (Phi) is 7.00. The van der Waals surface area contributed by atoms with Crippen molar-refractivity contribution in [2.75, 3.05) is 13.2 Å². The minimum absolute atomic E-state index is 0.00480. The number of carbonyl (C=O) groups excluding carboxylic acids is 1. The number of hydrogen-bond donors (Lipinski definition) is 1. The second-order valence-corrected chi connectivity index (χ2v) is 12.0. The van der Waals surface area contributed by atoms with Gasteiger partial charge < -0.3 is 19.4 Å². The lowest BCUT2D eigenvalue weighted by Crippen LogP contribution is -2.41. The highest BCUT2D eigenvalue weighted by Gasteiger charge is 2.52. The molecular formula is C35H36BNO4. The molecule has 0 bridgehead atoms. The third-order valence-electron chi connectivity index (χ3n) is 8.85. The van der Waals surface area contributed by atoms with Gasteiger partial charge in [0.25, 0.3) is 0 Å². The molecule has 208 valence electrons. The Bertz CT molecular complexity index is 1600. The van der Waals surface area contributed by atoms with Crippen LogP contribution >= 0.6 is 0 Å². The zero-order chi connectivity index (χ0) is 28.8. The van der Waals surface area contributed by atoms with E-state index in [1.165, 1.54) is 33.2 Å². The fraction of sp³-hybridized carbons (Fsp3) is 0.286. The van der Waals surface area contributed by atoms with E-state index >= 15 is 0 Å². The molecule has 0 atom stereocenters. The minimum Gasteiger partial charge on any atom is -0.449 e.